The molecule has 3 N–H and O–H groups in total. The Kier molecular flexibility index (Phi) is 8.55. The molecule has 0 aliphatic carbocycles. The molecule has 3 amide bonds. The highest BCUT2D eigenvalue weighted by molar-refractivity contribution is 6.00. The summed E-state index contributed by atoms with van der Waals surface area (Å²) in [5.41, 5.74) is 7.65. The van der Waals surface area contributed by atoms with Gasteiger partial charge in [-0.3, -0.25) is 19.7 Å². The largest absolute Gasteiger partial charge is 0.384 e. The normalized spacial score (nSPS) is 23.2. The van der Waals surface area contributed by atoms with Crippen molar-refractivity contribution in [2.24, 2.45) is 11.8 Å². The second-order valence-electron chi connectivity index (χ2n) is 12.2. The van der Waals surface area contributed by atoms with E-state index < -0.39 is 0 Å². The molecule has 6 heterocycles. The van der Waals surface area contributed by atoms with E-state index in [4.69, 9.17) is 5.73 Å². The molecular formula is C31H42N8O3. The maximum absolute atomic E-state index is 13.3. The van der Waals surface area contributed by atoms with Gasteiger partial charge in [-0.05, 0) is 74.9 Å². The third kappa shape index (κ3) is 6.51. The number of aromatic nitrogens is 2. The summed E-state index contributed by atoms with van der Waals surface area (Å²) in [6, 6.07) is 7.82. The molecule has 224 valence electrons. The molecule has 1 atom stereocenters. The van der Waals surface area contributed by atoms with Crippen molar-refractivity contribution < 1.29 is 14.4 Å². The number of piperidine rings is 3. The molecule has 4 fully saturated rings. The van der Waals surface area contributed by atoms with Crippen LogP contribution in [0.4, 0.5) is 17.3 Å². The lowest BCUT2D eigenvalue weighted by Gasteiger charge is -2.40. The molecule has 11 nitrogen and oxygen atoms in total. The summed E-state index contributed by atoms with van der Waals surface area (Å²) in [6.07, 6.45) is 8.68. The zero-order chi connectivity index (χ0) is 29.1. The van der Waals surface area contributed by atoms with E-state index in [0.29, 0.717) is 30.5 Å². The summed E-state index contributed by atoms with van der Waals surface area (Å²) in [4.78, 5) is 55.0. The Morgan fingerprint density at radius 1 is 0.833 bits per heavy atom. The molecule has 0 saturated carbocycles. The lowest BCUT2D eigenvalue weighted by atomic mass is 9.91. The molecule has 11 heteroatoms. The van der Waals surface area contributed by atoms with Crippen molar-refractivity contribution in [2.75, 3.05) is 74.4 Å². The fourth-order valence-electron chi connectivity index (χ4n) is 6.90. The summed E-state index contributed by atoms with van der Waals surface area (Å²) in [7, 11) is 0. The molecule has 4 aliphatic heterocycles. The number of amides is 3. The highest BCUT2D eigenvalue weighted by Crippen LogP contribution is 2.29. The van der Waals surface area contributed by atoms with Crippen LogP contribution in [0, 0.1) is 11.8 Å². The average Bonchev–Trinajstić information content (AvgIpc) is 3.02. The number of imide groups is 1. The van der Waals surface area contributed by atoms with Gasteiger partial charge in [0.2, 0.25) is 17.7 Å². The maximum Gasteiger partial charge on any atom is 0.234 e. The van der Waals surface area contributed by atoms with Crippen LogP contribution in [0.1, 0.15) is 50.0 Å². The molecule has 0 spiro atoms. The topological polar surface area (TPSA) is 128 Å². The lowest BCUT2D eigenvalue weighted by molar-refractivity contribution is -0.137. The molecule has 0 radical (unpaired) electrons. The van der Waals surface area contributed by atoms with Crippen molar-refractivity contribution in [1.82, 2.24) is 25.1 Å². The number of likely N-dealkylation sites (tertiary alicyclic amines) is 1. The highest BCUT2D eigenvalue weighted by atomic mass is 16.2. The van der Waals surface area contributed by atoms with E-state index in [-0.39, 0.29) is 23.7 Å². The zero-order valence-electron chi connectivity index (χ0n) is 24.3. The van der Waals surface area contributed by atoms with Gasteiger partial charge in [-0.1, -0.05) is 6.07 Å². The fourth-order valence-corrected chi connectivity index (χ4v) is 6.90. The predicted molar refractivity (Wildman–Crippen MR) is 161 cm³/mol. The first-order chi connectivity index (χ1) is 20.4. The lowest BCUT2D eigenvalue weighted by Crippen LogP contribution is -2.52. The standard InChI is InChI=1S/C31H42N8O3/c32-27-4-2-25(20-33-27)37-15-17-39(18-16-37)31(42)23-9-11-36(12-10-23)21-22-7-13-38(14-8-22)28-5-1-24(19-34-28)26-3-6-29(40)35-30(26)41/h1-2,4-5,19-20,22-23,26H,3,6-18,21H2,(H2,32,33)(H,35,40,41). The fraction of sp³-hybridized carbons (Fsp3) is 0.581. The van der Waals surface area contributed by atoms with Gasteiger partial charge in [0.1, 0.15) is 11.6 Å². The molecule has 1 unspecified atom stereocenters. The van der Waals surface area contributed by atoms with Gasteiger partial charge in [0.25, 0.3) is 0 Å². The van der Waals surface area contributed by atoms with Crippen molar-refractivity contribution in [3.05, 3.63) is 42.2 Å². The van der Waals surface area contributed by atoms with Crippen LogP contribution in [0.5, 0.6) is 0 Å². The van der Waals surface area contributed by atoms with Crippen molar-refractivity contribution >= 4 is 35.0 Å². The Hall–Kier alpha value is -3.73. The summed E-state index contributed by atoms with van der Waals surface area (Å²) in [6.45, 7) is 8.22. The molecule has 4 aliphatic rings. The third-order valence-corrected chi connectivity index (χ3v) is 9.53. The molecule has 42 heavy (non-hydrogen) atoms. The second kappa shape index (κ2) is 12.6. The number of carbonyl (C=O) groups is 3. The number of hydrogen-bond acceptors (Lipinski definition) is 9. The van der Waals surface area contributed by atoms with Gasteiger partial charge in [0.05, 0.1) is 17.8 Å². The van der Waals surface area contributed by atoms with Crippen molar-refractivity contribution in [1.29, 1.82) is 0 Å². The second-order valence-corrected chi connectivity index (χ2v) is 12.2. The van der Waals surface area contributed by atoms with Crippen molar-refractivity contribution in [3.8, 4) is 0 Å². The molecule has 2 aromatic rings. The van der Waals surface area contributed by atoms with Crippen LogP contribution >= 0.6 is 0 Å². The van der Waals surface area contributed by atoms with Crippen LogP contribution in [0.15, 0.2) is 36.7 Å². The van der Waals surface area contributed by atoms with E-state index in [2.05, 4.69) is 34.9 Å². The Morgan fingerprint density at radius 3 is 2.24 bits per heavy atom. The van der Waals surface area contributed by atoms with Crippen LogP contribution in [0.2, 0.25) is 0 Å². The van der Waals surface area contributed by atoms with E-state index in [1.165, 1.54) is 0 Å². The number of pyridine rings is 2. The molecule has 2 aromatic heterocycles. The number of rotatable bonds is 6. The van der Waals surface area contributed by atoms with Crippen molar-refractivity contribution in [2.45, 2.75) is 44.4 Å². The molecule has 4 saturated heterocycles. The van der Waals surface area contributed by atoms with E-state index in [9.17, 15) is 14.4 Å². The zero-order valence-corrected chi connectivity index (χ0v) is 24.3. The van der Waals surface area contributed by atoms with Gasteiger partial charge in [0, 0.05) is 64.3 Å². The molecule has 6 rings (SSSR count). The first kappa shape index (κ1) is 28.4. The monoisotopic (exact) mass is 574 g/mol. The minimum absolute atomic E-state index is 0.141. The van der Waals surface area contributed by atoms with Gasteiger partial charge in [-0.15, -0.1) is 0 Å². The van der Waals surface area contributed by atoms with Gasteiger partial charge in [-0.25, -0.2) is 9.97 Å². The summed E-state index contributed by atoms with van der Waals surface area (Å²) >= 11 is 0. The minimum atomic E-state index is -0.294. The summed E-state index contributed by atoms with van der Waals surface area (Å²) < 4.78 is 0. The van der Waals surface area contributed by atoms with Crippen LogP contribution in [-0.4, -0.2) is 96.4 Å². The Bertz CT molecular complexity index is 1250. The summed E-state index contributed by atoms with van der Waals surface area (Å²) in [5, 5.41) is 2.43. The first-order valence-electron chi connectivity index (χ1n) is 15.4. The molecule has 0 bridgehead atoms. The Balaban J connectivity index is 0.904. The van der Waals surface area contributed by atoms with Crippen LogP contribution in [0.3, 0.4) is 0 Å². The van der Waals surface area contributed by atoms with Crippen LogP contribution < -0.4 is 20.9 Å². The average molecular weight is 575 g/mol. The van der Waals surface area contributed by atoms with E-state index in [1.54, 1.807) is 6.20 Å². The van der Waals surface area contributed by atoms with E-state index in [1.807, 2.05) is 30.5 Å². The minimum Gasteiger partial charge on any atom is -0.384 e. The number of piperazine rings is 1. The highest BCUT2D eigenvalue weighted by Gasteiger charge is 2.32. The number of nitrogens with one attached hydrogen (secondary N) is 1. The number of hydrogen-bond donors (Lipinski definition) is 2. The Labute approximate surface area is 247 Å². The van der Waals surface area contributed by atoms with E-state index >= 15 is 0 Å². The van der Waals surface area contributed by atoms with Gasteiger partial charge in [-0.2, -0.15) is 0 Å². The number of anilines is 3. The smallest absolute Gasteiger partial charge is 0.234 e. The van der Waals surface area contributed by atoms with Gasteiger partial charge in [0.15, 0.2) is 0 Å². The third-order valence-electron chi connectivity index (χ3n) is 9.53. The Morgan fingerprint density at radius 2 is 1.60 bits per heavy atom. The van der Waals surface area contributed by atoms with Crippen LogP contribution in [-0.2, 0) is 14.4 Å². The SMILES string of the molecule is Nc1ccc(N2CCN(C(=O)C3CCN(CC4CCN(c5ccc(C6CCC(=O)NC6=O)cn5)CC4)CC3)CC2)cn1. The number of carbonyl (C=O) groups excluding carboxylic acids is 3. The predicted octanol–water partition coefficient (Wildman–Crippen LogP) is 1.86. The number of nitrogens with two attached hydrogens (primary N) is 1. The first-order valence-corrected chi connectivity index (χ1v) is 15.4. The maximum atomic E-state index is 13.3. The van der Waals surface area contributed by atoms with Crippen LogP contribution in [0.25, 0.3) is 0 Å². The quantitative estimate of drug-likeness (QED) is 0.497. The number of nitrogens with zero attached hydrogens (tertiary/aromatic N) is 6. The molecule has 0 aromatic carbocycles. The van der Waals surface area contributed by atoms with Gasteiger partial charge >= 0.3 is 0 Å². The van der Waals surface area contributed by atoms with Gasteiger partial charge < -0.3 is 25.3 Å². The van der Waals surface area contributed by atoms with Crippen molar-refractivity contribution in [3.63, 3.8) is 0 Å². The molecular weight excluding hydrogens is 532 g/mol. The van der Waals surface area contributed by atoms with E-state index in [0.717, 1.165) is 102 Å². The number of nitrogen functional groups attached to an aromatic ring is 1. The summed E-state index contributed by atoms with van der Waals surface area (Å²) in [5.74, 6) is 1.90.